The topological polar surface area (TPSA) is 63.2 Å². The van der Waals surface area contributed by atoms with Gasteiger partial charge in [0.25, 0.3) is 5.91 Å². The molecule has 0 saturated heterocycles. The molecule has 0 spiro atoms. The van der Waals surface area contributed by atoms with Crippen LogP contribution in [0.15, 0.2) is 97.2 Å². The molecule has 0 radical (unpaired) electrons. The Labute approximate surface area is 213 Å². The van der Waals surface area contributed by atoms with Crippen LogP contribution in [0.3, 0.4) is 0 Å². The van der Waals surface area contributed by atoms with Gasteiger partial charge in [-0.05, 0) is 36.4 Å². The van der Waals surface area contributed by atoms with Crippen molar-refractivity contribution in [3.8, 4) is 0 Å². The zero-order chi connectivity index (χ0) is 26.0. The first-order valence-electron chi connectivity index (χ1n) is 11.2. The Morgan fingerprint density at radius 1 is 0.784 bits per heavy atom. The number of nitrogens with zero attached hydrogens (tertiary/aromatic N) is 3. The van der Waals surface area contributed by atoms with Crippen LogP contribution in [0.25, 0.3) is 10.2 Å². The van der Waals surface area contributed by atoms with Crippen LogP contribution in [0, 0.1) is 0 Å². The third-order valence-electron chi connectivity index (χ3n) is 5.67. The van der Waals surface area contributed by atoms with Crippen LogP contribution >= 0.6 is 11.3 Å². The SMILES string of the molecule is O=C(c1ccccc1)c1ccc(C(=O)N(Cc2ccccn2)c2nc3c(C(F)(F)F)cccc3s2)cc1. The van der Waals surface area contributed by atoms with Crippen LogP contribution in [0.1, 0.15) is 37.5 Å². The lowest BCUT2D eigenvalue weighted by Gasteiger charge is -2.20. The minimum Gasteiger partial charge on any atom is -0.289 e. The van der Waals surface area contributed by atoms with Crippen molar-refractivity contribution in [1.82, 2.24) is 9.97 Å². The largest absolute Gasteiger partial charge is 0.418 e. The first-order valence-corrected chi connectivity index (χ1v) is 12.0. The van der Waals surface area contributed by atoms with Crippen molar-refractivity contribution in [1.29, 1.82) is 0 Å². The Kier molecular flexibility index (Phi) is 6.54. The molecule has 5 aromatic rings. The van der Waals surface area contributed by atoms with Crippen LogP contribution in [-0.2, 0) is 12.7 Å². The molecule has 0 aliphatic heterocycles. The van der Waals surface area contributed by atoms with Crippen LogP contribution in [0.5, 0.6) is 0 Å². The van der Waals surface area contributed by atoms with Gasteiger partial charge in [0.1, 0.15) is 0 Å². The molecule has 0 aliphatic carbocycles. The number of halogens is 3. The number of amides is 1. The monoisotopic (exact) mass is 517 g/mol. The molecule has 184 valence electrons. The van der Waals surface area contributed by atoms with E-state index in [1.54, 1.807) is 66.9 Å². The second-order valence-electron chi connectivity index (χ2n) is 8.13. The Morgan fingerprint density at radius 2 is 1.46 bits per heavy atom. The Morgan fingerprint density at radius 3 is 2.14 bits per heavy atom. The molecule has 0 bridgehead atoms. The minimum atomic E-state index is -4.58. The molecule has 1 amide bonds. The highest BCUT2D eigenvalue weighted by Crippen LogP contribution is 2.39. The molecule has 3 aromatic carbocycles. The summed E-state index contributed by atoms with van der Waals surface area (Å²) in [5.74, 6) is -0.659. The number of hydrogen-bond acceptors (Lipinski definition) is 5. The van der Waals surface area contributed by atoms with Crippen molar-refractivity contribution in [2.75, 3.05) is 4.90 Å². The highest BCUT2D eigenvalue weighted by Gasteiger charge is 2.34. The van der Waals surface area contributed by atoms with E-state index in [1.807, 2.05) is 6.07 Å². The van der Waals surface area contributed by atoms with Gasteiger partial charge in [-0.2, -0.15) is 13.2 Å². The molecule has 0 saturated carbocycles. The molecule has 2 heterocycles. The summed E-state index contributed by atoms with van der Waals surface area (Å²) in [6.07, 6.45) is -3.01. The molecule has 9 heteroatoms. The molecule has 5 nitrogen and oxygen atoms in total. The van der Waals surface area contributed by atoms with Crippen LogP contribution in [0.2, 0.25) is 0 Å². The highest BCUT2D eigenvalue weighted by molar-refractivity contribution is 7.22. The summed E-state index contributed by atoms with van der Waals surface area (Å²) in [4.78, 5) is 36.1. The van der Waals surface area contributed by atoms with Gasteiger partial charge in [-0.3, -0.25) is 19.5 Å². The quantitative estimate of drug-likeness (QED) is 0.233. The number of pyridine rings is 1. The molecule has 0 fully saturated rings. The van der Waals surface area contributed by atoms with E-state index < -0.39 is 17.6 Å². The standard InChI is InChI=1S/C28H18F3N3O2S/c29-28(30,31)22-10-6-11-23-24(22)33-27(37-23)34(17-21-9-4-5-16-32-21)26(36)20-14-12-19(13-15-20)25(35)18-7-2-1-3-8-18/h1-16H,17H2. The summed E-state index contributed by atoms with van der Waals surface area (Å²) in [7, 11) is 0. The summed E-state index contributed by atoms with van der Waals surface area (Å²) in [5, 5.41) is 0.117. The van der Waals surface area contributed by atoms with E-state index in [-0.39, 0.29) is 28.5 Å². The van der Waals surface area contributed by atoms with Gasteiger partial charge in [0.05, 0.1) is 28.0 Å². The van der Waals surface area contributed by atoms with E-state index in [4.69, 9.17) is 0 Å². The number of benzene rings is 3. The number of ketones is 1. The van der Waals surface area contributed by atoms with Crippen molar-refractivity contribution in [2.24, 2.45) is 0 Å². The first kappa shape index (κ1) is 24.3. The van der Waals surface area contributed by atoms with E-state index >= 15 is 0 Å². The smallest absolute Gasteiger partial charge is 0.289 e. The van der Waals surface area contributed by atoms with Crippen LogP contribution in [-0.4, -0.2) is 21.7 Å². The van der Waals surface area contributed by atoms with E-state index in [0.29, 0.717) is 21.5 Å². The van der Waals surface area contributed by atoms with Crippen molar-refractivity contribution < 1.29 is 22.8 Å². The zero-order valence-electron chi connectivity index (χ0n) is 19.1. The van der Waals surface area contributed by atoms with E-state index in [2.05, 4.69) is 9.97 Å². The van der Waals surface area contributed by atoms with E-state index in [9.17, 15) is 22.8 Å². The van der Waals surface area contributed by atoms with Gasteiger partial charge in [-0.25, -0.2) is 4.98 Å². The third-order valence-corrected chi connectivity index (χ3v) is 6.71. The first-order chi connectivity index (χ1) is 17.8. The number of para-hydroxylation sites is 1. The summed E-state index contributed by atoms with van der Waals surface area (Å²) < 4.78 is 41.0. The Bertz CT molecular complexity index is 1570. The van der Waals surface area contributed by atoms with Gasteiger partial charge in [0.15, 0.2) is 10.9 Å². The lowest BCUT2D eigenvalue weighted by Crippen LogP contribution is -2.30. The van der Waals surface area contributed by atoms with Gasteiger partial charge < -0.3 is 0 Å². The number of fused-ring (bicyclic) bond motifs is 1. The fraction of sp³-hybridized carbons (Fsp3) is 0.0714. The summed E-state index contributed by atoms with van der Waals surface area (Å²) >= 11 is 0.995. The van der Waals surface area contributed by atoms with E-state index in [1.165, 1.54) is 23.1 Å². The van der Waals surface area contributed by atoms with Crippen LogP contribution in [0.4, 0.5) is 18.3 Å². The molecule has 37 heavy (non-hydrogen) atoms. The third kappa shape index (κ3) is 5.12. The summed E-state index contributed by atoms with van der Waals surface area (Å²) in [5.41, 5.74) is 0.666. The van der Waals surface area contributed by atoms with Crippen molar-refractivity contribution in [2.45, 2.75) is 12.7 Å². The number of hydrogen-bond donors (Lipinski definition) is 0. The summed E-state index contributed by atoms with van der Waals surface area (Å²) in [6.45, 7) is 0.00550. The van der Waals surface area contributed by atoms with Gasteiger partial charge in [-0.15, -0.1) is 0 Å². The average molecular weight is 518 g/mol. The average Bonchev–Trinajstić information content (AvgIpc) is 3.35. The molecule has 0 atom stereocenters. The predicted octanol–water partition coefficient (Wildman–Crippen LogP) is 6.79. The predicted molar refractivity (Wildman–Crippen MR) is 136 cm³/mol. The summed E-state index contributed by atoms with van der Waals surface area (Å²) in [6, 6.07) is 24.0. The van der Waals surface area contributed by atoms with Crippen molar-refractivity contribution in [3.63, 3.8) is 0 Å². The number of aromatic nitrogens is 2. The van der Waals surface area contributed by atoms with Crippen molar-refractivity contribution in [3.05, 3.63) is 125 Å². The molecule has 0 unspecified atom stereocenters. The van der Waals surface area contributed by atoms with Crippen molar-refractivity contribution >= 4 is 38.4 Å². The Hall–Kier alpha value is -4.37. The fourth-order valence-corrected chi connectivity index (χ4v) is 4.83. The van der Waals surface area contributed by atoms with Gasteiger partial charge >= 0.3 is 6.18 Å². The van der Waals surface area contributed by atoms with Crippen LogP contribution < -0.4 is 4.90 Å². The number of rotatable bonds is 6. The second kappa shape index (κ2) is 9.94. The minimum absolute atomic E-state index is 0.00550. The molecule has 2 aromatic heterocycles. The molecule has 0 aliphatic rings. The molecular weight excluding hydrogens is 499 g/mol. The maximum absolute atomic E-state index is 13.6. The second-order valence-corrected chi connectivity index (χ2v) is 9.14. The lowest BCUT2D eigenvalue weighted by molar-refractivity contribution is -0.136. The van der Waals surface area contributed by atoms with Gasteiger partial charge in [0.2, 0.25) is 0 Å². The number of carbonyl (C=O) groups excluding carboxylic acids is 2. The molecule has 5 rings (SSSR count). The number of anilines is 1. The van der Waals surface area contributed by atoms with E-state index in [0.717, 1.165) is 17.4 Å². The molecular formula is C28H18F3N3O2S. The van der Waals surface area contributed by atoms with Gasteiger partial charge in [-0.1, -0.05) is 65.9 Å². The highest BCUT2D eigenvalue weighted by atomic mass is 32.1. The fourth-order valence-electron chi connectivity index (χ4n) is 3.84. The zero-order valence-corrected chi connectivity index (χ0v) is 20.0. The number of thiazole rings is 1. The lowest BCUT2D eigenvalue weighted by atomic mass is 10.0. The normalized spacial score (nSPS) is 11.4. The number of carbonyl (C=O) groups is 2. The maximum Gasteiger partial charge on any atom is 0.418 e. The maximum atomic E-state index is 13.6. The molecule has 0 N–H and O–H groups in total. The van der Waals surface area contributed by atoms with Gasteiger partial charge in [0, 0.05) is 22.9 Å². The Balaban J connectivity index is 1.51. The number of alkyl halides is 3.